The van der Waals surface area contributed by atoms with Crippen molar-refractivity contribution in [3.05, 3.63) is 66.4 Å². The number of nitrogens with two attached hydrogens (primary N) is 1. The number of piperazine rings is 1. The van der Waals surface area contributed by atoms with Crippen LogP contribution < -0.4 is 20.1 Å². The molecule has 1 atom stereocenters. The van der Waals surface area contributed by atoms with Crippen LogP contribution in [0.4, 0.5) is 5.95 Å². The van der Waals surface area contributed by atoms with Gasteiger partial charge in [0, 0.05) is 31.1 Å². The van der Waals surface area contributed by atoms with Crippen LogP contribution >= 0.6 is 11.8 Å². The second-order valence-corrected chi connectivity index (χ2v) is 9.71. The molecule has 3 aromatic rings. The number of ether oxygens (including phenoxy) is 2. The Morgan fingerprint density at radius 1 is 1.09 bits per heavy atom. The molecule has 184 valence electrons. The van der Waals surface area contributed by atoms with E-state index in [9.17, 15) is 4.79 Å². The van der Waals surface area contributed by atoms with E-state index in [2.05, 4.69) is 21.8 Å². The van der Waals surface area contributed by atoms with Gasteiger partial charge in [-0.25, -0.2) is 4.98 Å². The van der Waals surface area contributed by atoms with Crippen LogP contribution in [0.3, 0.4) is 0 Å². The fourth-order valence-electron chi connectivity index (χ4n) is 3.46. The zero-order valence-corrected chi connectivity index (χ0v) is 20.9. The highest BCUT2D eigenvalue weighted by molar-refractivity contribution is 7.99. The SMILES string of the molecule is CC(COc1cccc(Sc2cnc(N3CCN(C)CC3)nc2OCc2ccccc2)c1)C(N)=O. The number of rotatable bonds is 10. The Hall–Kier alpha value is -3.30. The highest BCUT2D eigenvalue weighted by Crippen LogP contribution is 2.36. The second kappa shape index (κ2) is 11.9. The number of benzene rings is 2. The van der Waals surface area contributed by atoms with E-state index >= 15 is 0 Å². The Morgan fingerprint density at radius 3 is 2.60 bits per heavy atom. The Balaban J connectivity index is 1.52. The van der Waals surface area contributed by atoms with Crippen molar-refractivity contribution in [1.82, 2.24) is 14.9 Å². The maximum Gasteiger partial charge on any atom is 0.232 e. The van der Waals surface area contributed by atoms with Crippen molar-refractivity contribution in [2.75, 3.05) is 44.7 Å². The summed E-state index contributed by atoms with van der Waals surface area (Å²) in [4.78, 5) is 27.0. The van der Waals surface area contributed by atoms with Crippen molar-refractivity contribution in [3.63, 3.8) is 0 Å². The summed E-state index contributed by atoms with van der Waals surface area (Å²) >= 11 is 1.51. The molecule has 1 aliphatic rings. The van der Waals surface area contributed by atoms with Gasteiger partial charge >= 0.3 is 0 Å². The van der Waals surface area contributed by atoms with Gasteiger partial charge in [0.2, 0.25) is 17.7 Å². The van der Waals surface area contributed by atoms with Gasteiger partial charge in [-0.15, -0.1) is 0 Å². The van der Waals surface area contributed by atoms with E-state index in [-0.39, 0.29) is 18.4 Å². The van der Waals surface area contributed by atoms with Gasteiger partial charge in [0.05, 0.1) is 23.6 Å². The first-order chi connectivity index (χ1) is 17.0. The summed E-state index contributed by atoms with van der Waals surface area (Å²) in [6.07, 6.45) is 1.83. The number of likely N-dealkylation sites (N-methyl/N-ethyl adjacent to an activating group) is 1. The second-order valence-electron chi connectivity index (χ2n) is 8.60. The molecule has 0 spiro atoms. The zero-order valence-electron chi connectivity index (χ0n) is 20.1. The van der Waals surface area contributed by atoms with Gasteiger partial charge in [0.15, 0.2) is 0 Å². The number of hydrogen-bond acceptors (Lipinski definition) is 8. The van der Waals surface area contributed by atoms with E-state index in [1.165, 1.54) is 11.8 Å². The van der Waals surface area contributed by atoms with E-state index in [1.54, 1.807) is 6.92 Å². The van der Waals surface area contributed by atoms with Crippen LogP contribution in [0.2, 0.25) is 0 Å². The molecular weight excluding hydrogens is 462 g/mol. The fraction of sp³-hybridized carbons (Fsp3) is 0.346. The highest BCUT2D eigenvalue weighted by atomic mass is 32.2. The smallest absolute Gasteiger partial charge is 0.232 e. The third-order valence-electron chi connectivity index (χ3n) is 5.73. The van der Waals surface area contributed by atoms with Crippen molar-refractivity contribution < 1.29 is 14.3 Å². The van der Waals surface area contributed by atoms with Gasteiger partial charge in [-0.1, -0.05) is 55.1 Å². The number of hydrogen-bond donors (Lipinski definition) is 1. The molecule has 0 bridgehead atoms. The van der Waals surface area contributed by atoms with E-state index < -0.39 is 0 Å². The highest BCUT2D eigenvalue weighted by Gasteiger charge is 2.19. The Morgan fingerprint density at radius 2 is 1.86 bits per heavy atom. The number of carbonyl (C=O) groups is 1. The van der Waals surface area contributed by atoms with Crippen molar-refractivity contribution in [2.24, 2.45) is 11.7 Å². The minimum Gasteiger partial charge on any atom is -0.493 e. The van der Waals surface area contributed by atoms with Gasteiger partial charge in [-0.05, 0) is 30.8 Å². The Bertz CT molecular complexity index is 1120. The molecule has 2 aromatic carbocycles. The van der Waals surface area contributed by atoms with Gasteiger partial charge < -0.3 is 25.0 Å². The summed E-state index contributed by atoms with van der Waals surface area (Å²) < 4.78 is 12.0. The number of nitrogens with zero attached hydrogens (tertiary/aromatic N) is 4. The summed E-state index contributed by atoms with van der Waals surface area (Å²) in [6.45, 7) is 6.10. The van der Waals surface area contributed by atoms with Gasteiger partial charge in [0.1, 0.15) is 12.4 Å². The minimum absolute atomic E-state index is 0.234. The number of primary amides is 1. The predicted octanol–water partition coefficient (Wildman–Crippen LogP) is 3.46. The number of anilines is 1. The molecule has 1 aromatic heterocycles. The van der Waals surface area contributed by atoms with Crippen LogP contribution in [-0.2, 0) is 11.4 Å². The maximum atomic E-state index is 11.3. The molecule has 35 heavy (non-hydrogen) atoms. The average molecular weight is 494 g/mol. The van der Waals surface area contributed by atoms with E-state index in [1.807, 2.05) is 60.8 Å². The third-order valence-corrected chi connectivity index (χ3v) is 6.72. The molecule has 2 heterocycles. The Labute approximate surface area is 210 Å². The summed E-state index contributed by atoms with van der Waals surface area (Å²) in [5.41, 5.74) is 6.41. The van der Waals surface area contributed by atoms with Gasteiger partial charge in [-0.2, -0.15) is 4.98 Å². The molecule has 4 rings (SSSR count). The Kier molecular flexibility index (Phi) is 8.44. The largest absolute Gasteiger partial charge is 0.493 e. The lowest BCUT2D eigenvalue weighted by molar-refractivity contribution is -0.122. The van der Waals surface area contributed by atoms with Gasteiger partial charge in [-0.3, -0.25) is 4.79 Å². The van der Waals surface area contributed by atoms with Gasteiger partial charge in [0.25, 0.3) is 0 Å². The first-order valence-electron chi connectivity index (χ1n) is 11.6. The first-order valence-corrected chi connectivity index (χ1v) is 12.5. The summed E-state index contributed by atoms with van der Waals surface area (Å²) in [6, 6.07) is 17.7. The van der Waals surface area contributed by atoms with Crippen LogP contribution in [0.25, 0.3) is 0 Å². The molecule has 1 saturated heterocycles. The summed E-state index contributed by atoms with van der Waals surface area (Å²) in [5, 5.41) is 0. The van der Waals surface area contributed by atoms with Crippen LogP contribution in [0, 0.1) is 5.92 Å². The molecule has 1 amide bonds. The van der Waals surface area contributed by atoms with Crippen molar-refractivity contribution in [3.8, 4) is 11.6 Å². The summed E-state index contributed by atoms with van der Waals surface area (Å²) in [5.74, 6) is 1.16. The number of carbonyl (C=O) groups excluding carboxylic acids is 1. The number of amides is 1. The normalized spacial score (nSPS) is 15.0. The number of aromatic nitrogens is 2. The van der Waals surface area contributed by atoms with E-state index in [0.717, 1.165) is 41.5 Å². The monoisotopic (exact) mass is 493 g/mol. The molecule has 2 N–H and O–H groups in total. The first kappa shape index (κ1) is 24.8. The molecular formula is C26H31N5O3S. The minimum atomic E-state index is -0.381. The molecule has 0 aliphatic carbocycles. The molecule has 0 radical (unpaired) electrons. The lowest BCUT2D eigenvalue weighted by Gasteiger charge is -2.32. The lowest BCUT2D eigenvalue weighted by atomic mass is 10.2. The predicted molar refractivity (Wildman–Crippen MR) is 137 cm³/mol. The van der Waals surface area contributed by atoms with Crippen LogP contribution in [-0.4, -0.2) is 60.6 Å². The lowest BCUT2D eigenvalue weighted by Crippen LogP contribution is -2.45. The quantitative estimate of drug-likeness (QED) is 0.459. The zero-order chi connectivity index (χ0) is 24.6. The third kappa shape index (κ3) is 7.10. The molecule has 9 heteroatoms. The van der Waals surface area contributed by atoms with Crippen LogP contribution in [0.15, 0.2) is 70.6 Å². The topological polar surface area (TPSA) is 93.8 Å². The molecule has 8 nitrogen and oxygen atoms in total. The average Bonchev–Trinajstić information content (AvgIpc) is 2.88. The molecule has 0 saturated carbocycles. The van der Waals surface area contributed by atoms with Crippen LogP contribution in [0.5, 0.6) is 11.6 Å². The van der Waals surface area contributed by atoms with E-state index in [0.29, 0.717) is 24.2 Å². The molecule has 1 unspecified atom stereocenters. The molecule has 1 fully saturated rings. The fourth-order valence-corrected chi connectivity index (χ4v) is 4.34. The maximum absolute atomic E-state index is 11.3. The molecule has 1 aliphatic heterocycles. The van der Waals surface area contributed by atoms with Crippen molar-refractivity contribution in [1.29, 1.82) is 0 Å². The summed E-state index contributed by atoms with van der Waals surface area (Å²) in [7, 11) is 2.12. The van der Waals surface area contributed by atoms with Crippen molar-refractivity contribution in [2.45, 2.75) is 23.3 Å². The van der Waals surface area contributed by atoms with Crippen molar-refractivity contribution >= 4 is 23.6 Å². The van der Waals surface area contributed by atoms with E-state index in [4.69, 9.17) is 20.2 Å². The standard InChI is InChI=1S/C26H31N5O3S/c1-19(24(27)32)17-33-21-9-6-10-22(15-21)35-23-16-28-26(31-13-11-30(2)12-14-31)29-25(23)34-18-20-7-4-3-5-8-20/h3-10,15-16,19H,11-14,17-18H2,1-2H3,(H2,27,32). The van der Waals surface area contributed by atoms with Crippen LogP contribution in [0.1, 0.15) is 12.5 Å².